The average Bonchev–Trinajstić information content (AvgIpc) is 2.72. The van der Waals surface area contributed by atoms with Gasteiger partial charge in [-0.3, -0.25) is 9.59 Å². The lowest BCUT2D eigenvalue weighted by molar-refractivity contribution is -0.141. The topological polar surface area (TPSA) is 70.7 Å². The van der Waals surface area contributed by atoms with Crippen molar-refractivity contribution in [3.63, 3.8) is 0 Å². The van der Waals surface area contributed by atoms with Crippen molar-refractivity contribution in [2.24, 2.45) is 11.8 Å². The molecule has 2 aliphatic rings. The molecule has 7 heteroatoms. The van der Waals surface area contributed by atoms with E-state index in [4.69, 9.17) is 16.3 Å². The predicted octanol–water partition coefficient (Wildman–Crippen LogP) is 1.47. The van der Waals surface area contributed by atoms with Gasteiger partial charge in [0.25, 0.3) is 0 Å². The highest BCUT2D eigenvalue weighted by Gasteiger charge is 2.33. The van der Waals surface area contributed by atoms with E-state index in [9.17, 15) is 9.59 Å². The zero-order valence-corrected chi connectivity index (χ0v) is 16.3. The summed E-state index contributed by atoms with van der Waals surface area (Å²) in [5, 5.41) is 7.01. The molecule has 2 aliphatic heterocycles. The number of rotatable bonds is 6. The summed E-state index contributed by atoms with van der Waals surface area (Å²) in [6.07, 6.45) is 2.40. The number of nitrogens with zero attached hydrogens (tertiary/aromatic N) is 1. The highest BCUT2D eigenvalue weighted by Crippen LogP contribution is 2.20. The van der Waals surface area contributed by atoms with Gasteiger partial charge in [-0.1, -0.05) is 23.7 Å². The van der Waals surface area contributed by atoms with Gasteiger partial charge in [-0.25, -0.2) is 0 Å². The molecule has 0 spiro atoms. The van der Waals surface area contributed by atoms with Crippen molar-refractivity contribution < 1.29 is 14.3 Å². The number of amides is 2. The van der Waals surface area contributed by atoms with Gasteiger partial charge in [-0.05, 0) is 37.0 Å². The number of piperidine rings is 1. The molecule has 0 aromatic heterocycles. The fourth-order valence-corrected chi connectivity index (χ4v) is 3.80. The Labute approximate surface area is 165 Å². The lowest BCUT2D eigenvalue weighted by atomic mass is 9.88. The molecule has 148 valence electrons. The Kier molecular flexibility index (Phi) is 7.50. The minimum Gasteiger partial charge on any atom is -0.378 e. The van der Waals surface area contributed by atoms with E-state index in [0.29, 0.717) is 52.4 Å². The van der Waals surface area contributed by atoms with Gasteiger partial charge in [0.2, 0.25) is 11.8 Å². The summed E-state index contributed by atoms with van der Waals surface area (Å²) in [6, 6.07) is 7.79. The van der Waals surface area contributed by atoms with E-state index in [2.05, 4.69) is 10.6 Å². The van der Waals surface area contributed by atoms with Gasteiger partial charge < -0.3 is 20.3 Å². The number of benzene rings is 1. The standard InChI is InChI=1S/C20H28ClN3O3/c21-18-5-3-15(4-6-18)2-1-7-23-19(25)16-12-17(14-22-13-16)20(26)24-8-10-27-11-9-24/h3-6,16-17,22H,1-2,7-14H2,(H,23,25)/t16-,17-/m1/s1. The number of halogens is 1. The van der Waals surface area contributed by atoms with Gasteiger partial charge in [-0.2, -0.15) is 0 Å². The SMILES string of the molecule is O=C(NCCCc1ccc(Cl)cc1)[C@H]1CNC[C@H](C(=O)N2CCOCC2)C1. The third-order valence-corrected chi connectivity index (χ3v) is 5.50. The average molecular weight is 394 g/mol. The zero-order valence-electron chi connectivity index (χ0n) is 15.6. The molecule has 0 saturated carbocycles. The minimum absolute atomic E-state index is 0.0399. The van der Waals surface area contributed by atoms with Crippen LogP contribution < -0.4 is 10.6 Å². The van der Waals surface area contributed by atoms with Crippen molar-refractivity contribution in [2.45, 2.75) is 19.3 Å². The van der Waals surface area contributed by atoms with Crippen LogP contribution in [0.2, 0.25) is 5.02 Å². The van der Waals surface area contributed by atoms with Crippen molar-refractivity contribution in [3.8, 4) is 0 Å². The van der Waals surface area contributed by atoms with Crippen molar-refractivity contribution in [2.75, 3.05) is 45.9 Å². The maximum Gasteiger partial charge on any atom is 0.227 e. The molecule has 6 nitrogen and oxygen atoms in total. The summed E-state index contributed by atoms with van der Waals surface area (Å²) in [5.41, 5.74) is 1.21. The summed E-state index contributed by atoms with van der Waals surface area (Å²) < 4.78 is 5.31. The van der Waals surface area contributed by atoms with Crippen LogP contribution in [0, 0.1) is 11.8 Å². The molecule has 2 atom stereocenters. The van der Waals surface area contributed by atoms with Crippen LogP contribution in [0.4, 0.5) is 0 Å². The summed E-state index contributed by atoms with van der Waals surface area (Å²) in [4.78, 5) is 27.0. The van der Waals surface area contributed by atoms with Gasteiger partial charge in [-0.15, -0.1) is 0 Å². The molecule has 1 aromatic rings. The van der Waals surface area contributed by atoms with E-state index in [-0.39, 0.29) is 23.7 Å². The van der Waals surface area contributed by atoms with Gasteiger partial charge in [0.15, 0.2) is 0 Å². The van der Waals surface area contributed by atoms with Gasteiger partial charge in [0.1, 0.15) is 0 Å². The maximum absolute atomic E-state index is 12.7. The number of aryl methyl sites for hydroxylation is 1. The Balaban J connectivity index is 1.40. The van der Waals surface area contributed by atoms with Crippen LogP contribution in [0.3, 0.4) is 0 Å². The Morgan fingerprint density at radius 3 is 2.59 bits per heavy atom. The smallest absolute Gasteiger partial charge is 0.227 e. The first-order chi connectivity index (χ1) is 13.1. The van der Waals surface area contributed by atoms with E-state index in [1.54, 1.807) is 0 Å². The molecule has 2 fully saturated rings. The molecule has 27 heavy (non-hydrogen) atoms. The maximum atomic E-state index is 12.7. The molecule has 2 heterocycles. The molecular weight excluding hydrogens is 366 g/mol. The second kappa shape index (κ2) is 10.1. The molecule has 1 aromatic carbocycles. The second-order valence-corrected chi connectivity index (χ2v) is 7.68. The largest absolute Gasteiger partial charge is 0.378 e. The van der Waals surface area contributed by atoms with Crippen LogP contribution in [0.5, 0.6) is 0 Å². The van der Waals surface area contributed by atoms with Crippen LogP contribution >= 0.6 is 11.6 Å². The predicted molar refractivity (Wildman–Crippen MR) is 105 cm³/mol. The van der Waals surface area contributed by atoms with Crippen LogP contribution in [0.25, 0.3) is 0 Å². The van der Waals surface area contributed by atoms with Crippen molar-refractivity contribution in [1.29, 1.82) is 0 Å². The lowest BCUT2D eigenvalue weighted by Crippen LogP contribution is -2.51. The van der Waals surface area contributed by atoms with Crippen molar-refractivity contribution in [3.05, 3.63) is 34.9 Å². The fraction of sp³-hybridized carbons (Fsp3) is 0.600. The number of hydrogen-bond acceptors (Lipinski definition) is 4. The van der Waals surface area contributed by atoms with E-state index in [1.165, 1.54) is 5.56 Å². The Hall–Kier alpha value is -1.63. The van der Waals surface area contributed by atoms with Gasteiger partial charge in [0.05, 0.1) is 25.0 Å². The third-order valence-electron chi connectivity index (χ3n) is 5.25. The fourth-order valence-electron chi connectivity index (χ4n) is 3.67. The van der Waals surface area contributed by atoms with Crippen LogP contribution in [-0.2, 0) is 20.7 Å². The highest BCUT2D eigenvalue weighted by molar-refractivity contribution is 6.30. The lowest BCUT2D eigenvalue weighted by Gasteiger charge is -2.34. The number of hydrogen-bond donors (Lipinski definition) is 2. The quantitative estimate of drug-likeness (QED) is 0.718. The van der Waals surface area contributed by atoms with Crippen molar-refractivity contribution in [1.82, 2.24) is 15.5 Å². The minimum atomic E-state index is -0.149. The van der Waals surface area contributed by atoms with Crippen LogP contribution in [0.1, 0.15) is 18.4 Å². The molecule has 0 aliphatic carbocycles. The first-order valence-corrected chi connectivity index (χ1v) is 10.1. The van der Waals surface area contributed by atoms with Gasteiger partial charge in [0, 0.05) is 37.7 Å². The number of ether oxygens (including phenoxy) is 1. The first kappa shape index (κ1) is 20.1. The van der Waals surface area contributed by atoms with Crippen molar-refractivity contribution >= 4 is 23.4 Å². The second-order valence-electron chi connectivity index (χ2n) is 7.25. The summed E-state index contributed by atoms with van der Waals surface area (Å²) in [5.74, 6) is -0.0879. The van der Waals surface area contributed by atoms with E-state index in [1.807, 2.05) is 29.2 Å². The highest BCUT2D eigenvalue weighted by atomic mass is 35.5. The summed E-state index contributed by atoms with van der Waals surface area (Å²) in [7, 11) is 0. The molecule has 2 saturated heterocycles. The normalized spacial score (nSPS) is 23.1. The van der Waals surface area contributed by atoms with Crippen LogP contribution in [0.15, 0.2) is 24.3 Å². The monoisotopic (exact) mass is 393 g/mol. The molecule has 2 amide bonds. The Morgan fingerprint density at radius 1 is 1.15 bits per heavy atom. The Bertz CT molecular complexity index is 632. The zero-order chi connectivity index (χ0) is 19.1. The van der Waals surface area contributed by atoms with E-state index < -0.39 is 0 Å². The number of nitrogens with one attached hydrogen (secondary N) is 2. The Morgan fingerprint density at radius 2 is 1.85 bits per heavy atom. The molecular formula is C20H28ClN3O3. The summed E-state index contributed by atoms with van der Waals surface area (Å²) >= 11 is 5.89. The third kappa shape index (κ3) is 5.92. The number of carbonyl (C=O) groups is 2. The molecule has 0 unspecified atom stereocenters. The van der Waals surface area contributed by atoms with E-state index >= 15 is 0 Å². The van der Waals surface area contributed by atoms with Gasteiger partial charge >= 0.3 is 0 Å². The summed E-state index contributed by atoms with van der Waals surface area (Å²) in [6.45, 7) is 4.42. The molecule has 2 N–H and O–H groups in total. The van der Waals surface area contributed by atoms with E-state index in [0.717, 1.165) is 17.9 Å². The molecule has 0 bridgehead atoms. The molecule has 0 radical (unpaired) electrons. The van der Waals surface area contributed by atoms with Crippen LogP contribution in [-0.4, -0.2) is 62.7 Å². The number of morpholine rings is 1. The first-order valence-electron chi connectivity index (χ1n) is 9.73. The molecule has 3 rings (SSSR count). The number of carbonyl (C=O) groups excluding carboxylic acids is 2.